The van der Waals surface area contributed by atoms with Gasteiger partial charge >= 0.3 is 0 Å². The molecule has 5 nitrogen and oxygen atoms in total. The highest BCUT2D eigenvalue weighted by Crippen LogP contribution is 2.41. The Labute approximate surface area is 200 Å². The van der Waals surface area contributed by atoms with E-state index in [1.807, 2.05) is 35.2 Å². The lowest BCUT2D eigenvalue weighted by atomic mass is 9.76. The van der Waals surface area contributed by atoms with E-state index in [1.165, 1.54) is 0 Å². The first-order valence-corrected chi connectivity index (χ1v) is 13.0. The second-order valence-electron chi connectivity index (χ2n) is 9.60. The molecule has 1 fully saturated rings. The van der Waals surface area contributed by atoms with Gasteiger partial charge in [-0.1, -0.05) is 62.2 Å². The smallest absolute Gasteiger partial charge is 0.264 e. The quantitative estimate of drug-likeness (QED) is 0.516. The van der Waals surface area contributed by atoms with Crippen LogP contribution in [0.2, 0.25) is 10.0 Å². The van der Waals surface area contributed by atoms with Crippen LogP contribution in [0.15, 0.2) is 42.5 Å². The molecular formula is C24H29Cl2NO4S. The normalized spacial score (nSPS) is 19.4. The molecule has 8 heteroatoms. The maximum atomic E-state index is 13.2. The second-order valence-corrected chi connectivity index (χ2v) is 12.0. The number of amides is 1. The summed E-state index contributed by atoms with van der Waals surface area (Å²) in [6.07, 6.45) is 1.45. The van der Waals surface area contributed by atoms with Gasteiger partial charge < -0.3 is 4.90 Å². The Balaban J connectivity index is 1.85. The lowest BCUT2D eigenvalue weighted by Crippen LogP contribution is -2.35. The van der Waals surface area contributed by atoms with Gasteiger partial charge in [0, 0.05) is 24.1 Å². The topological polar surface area (TPSA) is 74.7 Å². The maximum Gasteiger partial charge on any atom is 0.264 e. The summed E-state index contributed by atoms with van der Waals surface area (Å²) in [5, 5.41) is 0.856. The molecule has 1 aliphatic heterocycles. The summed E-state index contributed by atoms with van der Waals surface area (Å²) in [6, 6.07) is 13.1. The molecule has 0 radical (unpaired) electrons. The molecular weight excluding hydrogens is 469 g/mol. The zero-order valence-corrected chi connectivity index (χ0v) is 20.9. The van der Waals surface area contributed by atoms with Crippen molar-refractivity contribution in [2.24, 2.45) is 0 Å². The number of likely N-dealkylation sites (tertiary alicyclic amines) is 1. The van der Waals surface area contributed by atoms with E-state index < -0.39 is 15.5 Å². The van der Waals surface area contributed by atoms with Crippen LogP contribution in [0.25, 0.3) is 0 Å². The predicted molar refractivity (Wildman–Crippen MR) is 129 cm³/mol. The summed E-state index contributed by atoms with van der Waals surface area (Å²) in [7, 11) is -4.06. The van der Waals surface area contributed by atoms with Crippen LogP contribution in [0.1, 0.15) is 61.5 Å². The van der Waals surface area contributed by atoms with Crippen molar-refractivity contribution >= 4 is 39.2 Å². The van der Waals surface area contributed by atoms with Crippen LogP contribution in [-0.4, -0.2) is 42.6 Å². The van der Waals surface area contributed by atoms with Gasteiger partial charge in [0.25, 0.3) is 16.0 Å². The van der Waals surface area contributed by atoms with Gasteiger partial charge in [0.05, 0.1) is 15.8 Å². The zero-order valence-electron chi connectivity index (χ0n) is 18.6. The summed E-state index contributed by atoms with van der Waals surface area (Å²) in [5.74, 6) is -0.375. The molecule has 1 N–H and O–H groups in total. The highest BCUT2D eigenvalue weighted by molar-refractivity contribution is 7.85. The molecule has 0 aliphatic carbocycles. The molecule has 2 aromatic carbocycles. The van der Waals surface area contributed by atoms with Gasteiger partial charge in [-0.2, -0.15) is 8.42 Å². The van der Waals surface area contributed by atoms with Gasteiger partial charge in [0.1, 0.15) is 0 Å². The van der Waals surface area contributed by atoms with Crippen LogP contribution in [-0.2, 0) is 20.9 Å². The molecule has 0 aromatic heterocycles. The molecule has 0 spiro atoms. The molecule has 1 amide bonds. The summed E-state index contributed by atoms with van der Waals surface area (Å²) >= 11 is 12.4. The van der Waals surface area contributed by atoms with Crippen molar-refractivity contribution in [1.82, 2.24) is 4.90 Å². The number of hydrogen-bond acceptors (Lipinski definition) is 3. The van der Waals surface area contributed by atoms with Gasteiger partial charge in [0.15, 0.2) is 0 Å². The minimum atomic E-state index is -4.06. The molecule has 0 bridgehead atoms. The second kappa shape index (κ2) is 9.34. The van der Waals surface area contributed by atoms with Crippen molar-refractivity contribution in [3.63, 3.8) is 0 Å². The molecule has 3 rings (SSSR count). The Kier molecular flexibility index (Phi) is 7.30. The first-order chi connectivity index (χ1) is 14.8. The molecule has 32 heavy (non-hydrogen) atoms. The third kappa shape index (κ3) is 5.84. The fraction of sp³-hybridized carbons (Fsp3) is 0.458. The van der Waals surface area contributed by atoms with Crippen molar-refractivity contribution in [3.8, 4) is 0 Å². The van der Waals surface area contributed by atoms with Crippen molar-refractivity contribution in [2.45, 2.75) is 50.9 Å². The number of halogens is 2. The molecule has 1 saturated heterocycles. The largest absolute Gasteiger partial charge is 0.338 e. The Morgan fingerprint density at radius 2 is 1.75 bits per heavy atom. The predicted octanol–water partition coefficient (Wildman–Crippen LogP) is 5.74. The minimum absolute atomic E-state index is 0.00523. The number of rotatable bonds is 6. The fourth-order valence-electron chi connectivity index (χ4n) is 4.34. The van der Waals surface area contributed by atoms with E-state index in [4.69, 9.17) is 27.8 Å². The first-order valence-electron chi connectivity index (χ1n) is 10.6. The van der Waals surface area contributed by atoms with Gasteiger partial charge in [-0.3, -0.25) is 9.35 Å². The van der Waals surface area contributed by atoms with Crippen LogP contribution < -0.4 is 0 Å². The lowest BCUT2D eigenvalue weighted by molar-refractivity contribution is 0.0782. The molecule has 1 unspecified atom stereocenters. The molecule has 1 atom stereocenters. The monoisotopic (exact) mass is 497 g/mol. The fourth-order valence-corrected chi connectivity index (χ4v) is 5.15. The molecule has 0 saturated carbocycles. The Hall–Kier alpha value is -1.60. The van der Waals surface area contributed by atoms with Gasteiger partial charge in [-0.15, -0.1) is 0 Å². The third-order valence-corrected chi connectivity index (χ3v) is 7.77. The standard InChI is InChI=1S/C24H29Cl2NO4S/c1-23(2,3)18-7-5-17(6-8-18)22(28)27-13-12-24(16-27,11-4-14-32(29,30)31)19-9-10-20(25)21(26)15-19/h5-10,15H,4,11-14,16H2,1-3H3,(H,29,30,31). The minimum Gasteiger partial charge on any atom is -0.338 e. The van der Waals surface area contributed by atoms with E-state index in [0.717, 1.165) is 11.1 Å². The number of nitrogens with zero attached hydrogens (tertiary/aromatic N) is 1. The SMILES string of the molecule is CC(C)(C)c1ccc(C(=O)N2CCC(CCCS(=O)(=O)O)(c3ccc(Cl)c(Cl)c3)C2)cc1. The maximum absolute atomic E-state index is 13.2. The summed E-state index contributed by atoms with van der Waals surface area (Å²) < 4.78 is 31.7. The van der Waals surface area contributed by atoms with E-state index >= 15 is 0 Å². The summed E-state index contributed by atoms with van der Waals surface area (Å²) in [4.78, 5) is 15.0. The highest BCUT2D eigenvalue weighted by Gasteiger charge is 2.41. The average Bonchev–Trinajstić information content (AvgIpc) is 3.13. The van der Waals surface area contributed by atoms with Crippen LogP contribution in [0.5, 0.6) is 0 Å². The van der Waals surface area contributed by atoms with Crippen LogP contribution in [0, 0.1) is 0 Å². The van der Waals surface area contributed by atoms with E-state index in [2.05, 4.69) is 20.8 Å². The Bertz CT molecular complexity index is 1090. The van der Waals surface area contributed by atoms with Crippen molar-refractivity contribution < 1.29 is 17.8 Å². The number of carbonyl (C=O) groups is 1. The van der Waals surface area contributed by atoms with Crippen molar-refractivity contribution in [2.75, 3.05) is 18.8 Å². The van der Waals surface area contributed by atoms with Crippen LogP contribution in [0.4, 0.5) is 0 Å². The van der Waals surface area contributed by atoms with E-state index in [1.54, 1.807) is 12.1 Å². The van der Waals surface area contributed by atoms with E-state index in [9.17, 15) is 13.2 Å². The molecule has 2 aromatic rings. The zero-order chi connectivity index (χ0) is 23.7. The van der Waals surface area contributed by atoms with Crippen molar-refractivity contribution in [3.05, 3.63) is 69.2 Å². The van der Waals surface area contributed by atoms with Gasteiger partial charge in [0.2, 0.25) is 0 Å². The highest BCUT2D eigenvalue weighted by atomic mass is 35.5. The number of benzene rings is 2. The Morgan fingerprint density at radius 1 is 1.09 bits per heavy atom. The summed E-state index contributed by atoms with van der Waals surface area (Å²) in [5.41, 5.74) is 2.25. The summed E-state index contributed by atoms with van der Waals surface area (Å²) in [6.45, 7) is 7.37. The average molecular weight is 498 g/mol. The first kappa shape index (κ1) is 25.0. The van der Waals surface area contributed by atoms with Crippen LogP contribution >= 0.6 is 23.2 Å². The molecule has 174 valence electrons. The van der Waals surface area contributed by atoms with Gasteiger partial charge in [-0.25, -0.2) is 0 Å². The Morgan fingerprint density at radius 3 is 2.31 bits per heavy atom. The van der Waals surface area contributed by atoms with Crippen LogP contribution in [0.3, 0.4) is 0 Å². The number of hydrogen-bond donors (Lipinski definition) is 1. The van der Waals surface area contributed by atoms with Gasteiger partial charge in [-0.05, 0) is 60.1 Å². The van der Waals surface area contributed by atoms with E-state index in [0.29, 0.717) is 41.5 Å². The number of carbonyl (C=O) groups excluding carboxylic acids is 1. The van der Waals surface area contributed by atoms with Crippen molar-refractivity contribution in [1.29, 1.82) is 0 Å². The molecule has 1 aliphatic rings. The van der Waals surface area contributed by atoms with E-state index in [-0.39, 0.29) is 23.5 Å². The lowest BCUT2D eigenvalue weighted by Gasteiger charge is -2.30. The third-order valence-electron chi connectivity index (χ3n) is 6.23. The molecule has 1 heterocycles.